The van der Waals surface area contributed by atoms with Gasteiger partial charge in [0.25, 0.3) is 0 Å². The molecule has 0 bridgehead atoms. The van der Waals surface area contributed by atoms with Crippen LogP contribution in [0.1, 0.15) is 0 Å². The molecule has 0 amide bonds. The molecular weight excluding hydrogens is 588 g/mol. The van der Waals surface area contributed by atoms with E-state index in [2.05, 4.69) is 87.3 Å². The highest BCUT2D eigenvalue weighted by atomic mass is 16.5. The molecule has 0 aliphatic rings. The molecule has 7 nitrogen and oxygen atoms in total. The highest BCUT2D eigenvalue weighted by molar-refractivity contribution is 5.81. The van der Waals surface area contributed by atoms with Crippen molar-refractivity contribution in [1.29, 1.82) is 0 Å². The van der Waals surface area contributed by atoms with Crippen LogP contribution >= 0.6 is 0 Å². The molecule has 0 radical (unpaired) electrons. The van der Waals surface area contributed by atoms with E-state index >= 15 is 0 Å². The van der Waals surface area contributed by atoms with Crippen LogP contribution in [0.4, 0.5) is 34.1 Å². The van der Waals surface area contributed by atoms with Crippen molar-refractivity contribution in [3.05, 3.63) is 158 Å². The smallest absolute Gasteiger partial charge is 0.117 e. The summed E-state index contributed by atoms with van der Waals surface area (Å²) in [6, 6.07) is 51.7. The van der Waals surface area contributed by atoms with Crippen LogP contribution in [-0.2, 0) is 4.74 Å². The number of aromatic hydroxyl groups is 2. The minimum absolute atomic E-state index is 0.0278. The molecule has 0 fully saturated rings. The fourth-order valence-corrected chi connectivity index (χ4v) is 5.15. The zero-order chi connectivity index (χ0) is 32.8. The quantitative estimate of drug-likeness (QED) is 0.107. The monoisotopic (exact) mass is 626 g/mol. The Balaban J connectivity index is 0.000000559. The van der Waals surface area contributed by atoms with Crippen LogP contribution in [0.5, 0.6) is 11.5 Å². The first kappa shape index (κ1) is 32.8. The van der Waals surface area contributed by atoms with Gasteiger partial charge in [-0.05, 0) is 83.9 Å². The van der Waals surface area contributed by atoms with Crippen LogP contribution in [0.15, 0.2) is 158 Å². The molecule has 7 heteroatoms. The number of hydrogen-bond donors (Lipinski definition) is 4. The van der Waals surface area contributed by atoms with E-state index in [9.17, 15) is 10.2 Å². The van der Waals surface area contributed by atoms with Gasteiger partial charge in [0.15, 0.2) is 0 Å². The maximum absolute atomic E-state index is 10.1. The normalized spacial score (nSPS) is 10.5. The van der Waals surface area contributed by atoms with Gasteiger partial charge in [-0.3, -0.25) is 0 Å². The number of ether oxygens (including phenoxy) is 1. The Hall–Kier alpha value is -5.60. The number of phenolic OH excluding ortho intramolecular Hbond substituents is 2. The summed E-state index contributed by atoms with van der Waals surface area (Å²) >= 11 is 0. The molecule has 0 saturated carbocycles. The highest BCUT2D eigenvalue weighted by Gasteiger charge is 2.15. The first-order chi connectivity index (χ1) is 23.1. The second-order valence-electron chi connectivity index (χ2n) is 10.5. The molecule has 0 aromatic heterocycles. The van der Waals surface area contributed by atoms with Crippen molar-refractivity contribution in [2.24, 2.45) is 0 Å². The first-order valence-corrected chi connectivity index (χ1v) is 15.4. The van der Waals surface area contributed by atoms with Gasteiger partial charge in [0.2, 0.25) is 0 Å². The summed E-state index contributed by atoms with van der Waals surface area (Å²) in [5.41, 5.74) is 7.99. The topological polar surface area (TPSA) is 96.6 Å². The van der Waals surface area contributed by atoms with Crippen molar-refractivity contribution in [2.45, 2.75) is 0 Å². The standard InChI is InChI=1S/C36H28N2O2.C4H10O3/c39-35-15-7-13-33(25-35)37(29-9-3-1-4-10-29)31-21-17-27(18-22-31)28-19-23-32(24-20-28)38(30-11-5-2-6-12-30)34-14-8-16-36(40)26-34;5-1-3-7-4-2-6/h1-26,39-40H;5-6H,1-4H2. The third-order valence-corrected chi connectivity index (χ3v) is 7.26. The van der Waals surface area contributed by atoms with Crippen molar-refractivity contribution >= 4 is 34.1 Å². The fraction of sp³-hybridized carbons (Fsp3) is 0.100. The van der Waals surface area contributed by atoms with E-state index in [0.29, 0.717) is 13.2 Å². The summed E-state index contributed by atoms with van der Waals surface area (Å²) in [4.78, 5) is 4.25. The average Bonchev–Trinajstić information content (AvgIpc) is 3.11. The van der Waals surface area contributed by atoms with Crippen LogP contribution < -0.4 is 9.80 Å². The van der Waals surface area contributed by atoms with Gasteiger partial charge in [0.05, 0.1) is 26.4 Å². The van der Waals surface area contributed by atoms with Crippen LogP contribution in [0.3, 0.4) is 0 Å². The molecule has 47 heavy (non-hydrogen) atoms. The molecule has 238 valence electrons. The van der Waals surface area contributed by atoms with Gasteiger partial charge in [0.1, 0.15) is 11.5 Å². The molecule has 0 saturated heterocycles. The van der Waals surface area contributed by atoms with E-state index in [4.69, 9.17) is 10.2 Å². The number of nitrogens with zero attached hydrogens (tertiary/aromatic N) is 2. The largest absolute Gasteiger partial charge is 0.508 e. The maximum Gasteiger partial charge on any atom is 0.117 e. The number of anilines is 6. The number of para-hydroxylation sites is 2. The van der Waals surface area contributed by atoms with Gasteiger partial charge >= 0.3 is 0 Å². The first-order valence-electron chi connectivity index (χ1n) is 15.4. The average molecular weight is 627 g/mol. The Morgan fingerprint density at radius 1 is 0.383 bits per heavy atom. The van der Waals surface area contributed by atoms with Crippen LogP contribution in [0, 0.1) is 0 Å². The Labute approximate surface area is 275 Å². The number of aliphatic hydroxyl groups is 2. The Kier molecular flexibility index (Phi) is 11.6. The SMILES string of the molecule is OCCOCCO.Oc1cccc(N(c2ccccc2)c2ccc(-c3ccc(N(c4ccccc4)c4cccc(O)c4)cc3)cc2)c1. The fourth-order valence-electron chi connectivity index (χ4n) is 5.15. The number of benzene rings is 6. The van der Waals surface area contributed by atoms with Gasteiger partial charge in [0, 0.05) is 46.3 Å². The van der Waals surface area contributed by atoms with Gasteiger partial charge in [-0.25, -0.2) is 0 Å². The molecule has 0 heterocycles. The second-order valence-corrected chi connectivity index (χ2v) is 10.5. The number of aliphatic hydroxyl groups excluding tert-OH is 2. The third-order valence-electron chi connectivity index (χ3n) is 7.26. The van der Waals surface area contributed by atoms with E-state index in [-0.39, 0.29) is 24.7 Å². The minimum atomic E-state index is 0.0278. The van der Waals surface area contributed by atoms with Crippen molar-refractivity contribution in [1.82, 2.24) is 0 Å². The zero-order valence-corrected chi connectivity index (χ0v) is 25.9. The Morgan fingerprint density at radius 2 is 0.723 bits per heavy atom. The zero-order valence-electron chi connectivity index (χ0n) is 25.9. The van der Waals surface area contributed by atoms with Crippen molar-refractivity contribution in [3.8, 4) is 22.6 Å². The highest BCUT2D eigenvalue weighted by Crippen LogP contribution is 2.38. The summed E-state index contributed by atoms with van der Waals surface area (Å²) in [6.45, 7) is 0.696. The van der Waals surface area contributed by atoms with Crippen molar-refractivity contribution in [2.75, 3.05) is 36.2 Å². The predicted molar refractivity (Wildman–Crippen MR) is 190 cm³/mol. The van der Waals surface area contributed by atoms with Crippen molar-refractivity contribution < 1.29 is 25.2 Å². The lowest BCUT2D eigenvalue weighted by Gasteiger charge is -2.26. The predicted octanol–water partition coefficient (Wildman–Crippen LogP) is 8.69. The molecule has 6 aromatic rings. The van der Waals surface area contributed by atoms with Crippen LogP contribution in [-0.4, -0.2) is 46.9 Å². The van der Waals surface area contributed by atoms with Gasteiger partial charge in [-0.1, -0.05) is 72.8 Å². The van der Waals surface area contributed by atoms with E-state index < -0.39 is 0 Å². The molecule has 6 aromatic carbocycles. The lowest BCUT2D eigenvalue weighted by molar-refractivity contribution is 0.0650. The molecule has 0 atom stereocenters. The minimum Gasteiger partial charge on any atom is -0.508 e. The van der Waals surface area contributed by atoms with Crippen molar-refractivity contribution in [3.63, 3.8) is 0 Å². The second kappa shape index (κ2) is 16.6. The summed E-state index contributed by atoms with van der Waals surface area (Å²) in [5, 5.41) is 36.4. The molecule has 0 aliphatic carbocycles. The molecular formula is C40H38N2O5. The lowest BCUT2D eigenvalue weighted by Crippen LogP contribution is -2.09. The third kappa shape index (κ3) is 8.77. The van der Waals surface area contributed by atoms with E-state index in [0.717, 1.165) is 45.3 Å². The number of rotatable bonds is 11. The van der Waals surface area contributed by atoms with Crippen LogP contribution in [0.25, 0.3) is 11.1 Å². The van der Waals surface area contributed by atoms with E-state index in [1.165, 1.54) is 0 Å². The molecule has 0 aliphatic heterocycles. The lowest BCUT2D eigenvalue weighted by atomic mass is 10.0. The summed E-state index contributed by atoms with van der Waals surface area (Å²) < 4.78 is 4.63. The summed E-state index contributed by atoms with van der Waals surface area (Å²) in [6.07, 6.45) is 0. The van der Waals surface area contributed by atoms with E-state index in [1.54, 1.807) is 24.3 Å². The molecule has 6 rings (SSSR count). The maximum atomic E-state index is 10.1. The van der Waals surface area contributed by atoms with Gasteiger partial charge in [-0.15, -0.1) is 0 Å². The number of hydrogen-bond acceptors (Lipinski definition) is 7. The summed E-state index contributed by atoms with van der Waals surface area (Å²) in [7, 11) is 0. The Morgan fingerprint density at radius 3 is 1.06 bits per heavy atom. The molecule has 0 spiro atoms. The Bertz CT molecular complexity index is 1660. The van der Waals surface area contributed by atoms with Crippen LogP contribution in [0.2, 0.25) is 0 Å². The number of phenols is 2. The molecule has 0 unspecified atom stereocenters. The summed E-state index contributed by atoms with van der Waals surface area (Å²) in [5.74, 6) is 0.454. The van der Waals surface area contributed by atoms with Gasteiger partial charge < -0.3 is 35.0 Å². The molecule has 4 N–H and O–H groups in total. The van der Waals surface area contributed by atoms with Gasteiger partial charge in [-0.2, -0.15) is 0 Å². The van der Waals surface area contributed by atoms with E-state index in [1.807, 2.05) is 60.7 Å².